The van der Waals surface area contributed by atoms with Crippen LogP contribution in [0.5, 0.6) is 0 Å². The molecule has 0 spiro atoms. The van der Waals surface area contributed by atoms with Gasteiger partial charge in [0, 0.05) is 12.1 Å². The minimum atomic E-state index is -1.64. The van der Waals surface area contributed by atoms with Gasteiger partial charge in [-0.3, -0.25) is 14.9 Å². The normalized spacial score (nSPS) is 10.4. The number of allylic oxidation sites excluding steroid dienone is 1. The van der Waals surface area contributed by atoms with E-state index in [4.69, 9.17) is 0 Å². The number of halogens is 1. The summed E-state index contributed by atoms with van der Waals surface area (Å²) in [5.41, 5.74) is 0.0356. The average Bonchev–Trinajstić information content (AvgIpc) is 2.15. The minimum absolute atomic E-state index is 0.162. The third kappa shape index (κ3) is 2.48. The summed E-state index contributed by atoms with van der Waals surface area (Å²) in [6.45, 7) is 0. The first-order valence-electron chi connectivity index (χ1n) is 3.72. The number of nitro benzene ring substituents is 1. The Bertz CT molecular complexity index is 401. The molecule has 0 aliphatic rings. The second kappa shape index (κ2) is 4.27. The van der Waals surface area contributed by atoms with Crippen LogP contribution in [0.1, 0.15) is 5.56 Å². The molecule has 0 aromatic heterocycles. The zero-order valence-corrected chi connectivity index (χ0v) is 7.01. The Balaban J connectivity index is 3.07. The Morgan fingerprint density at radius 3 is 2.64 bits per heavy atom. The van der Waals surface area contributed by atoms with E-state index < -0.39 is 11.0 Å². The molecule has 1 aromatic carbocycles. The van der Waals surface area contributed by atoms with Gasteiger partial charge >= 0.3 is 6.04 Å². The standard InChI is InChI=1S/C9H6FNO3/c10-9(12)6-5-7-3-1-2-4-8(7)11(13)14/h1-6H/b6-5+. The Morgan fingerprint density at radius 1 is 1.43 bits per heavy atom. The maximum atomic E-state index is 11.8. The van der Waals surface area contributed by atoms with Crippen LogP contribution in [0.25, 0.3) is 6.08 Å². The predicted molar refractivity (Wildman–Crippen MR) is 48.2 cm³/mol. The molecule has 0 bridgehead atoms. The highest BCUT2D eigenvalue weighted by atomic mass is 19.1. The number of hydrogen-bond donors (Lipinski definition) is 0. The predicted octanol–water partition coefficient (Wildman–Crippen LogP) is 2.10. The van der Waals surface area contributed by atoms with Crippen molar-refractivity contribution in [1.29, 1.82) is 0 Å². The number of para-hydroxylation sites is 1. The molecule has 0 atom stereocenters. The molecule has 0 heterocycles. The van der Waals surface area contributed by atoms with Crippen molar-refractivity contribution in [2.24, 2.45) is 0 Å². The fourth-order valence-electron chi connectivity index (χ4n) is 0.950. The molecule has 0 fully saturated rings. The summed E-state index contributed by atoms with van der Waals surface area (Å²) in [4.78, 5) is 19.8. The first-order chi connectivity index (χ1) is 6.61. The highest BCUT2D eigenvalue weighted by Gasteiger charge is 2.09. The van der Waals surface area contributed by atoms with Gasteiger partial charge in [-0.15, -0.1) is 0 Å². The molecular formula is C9H6FNO3. The summed E-state index contributed by atoms with van der Waals surface area (Å²) in [6, 6.07) is 4.13. The molecule has 0 saturated heterocycles. The molecule has 0 unspecified atom stereocenters. The van der Waals surface area contributed by atoms with Gasteiger partial charge in [-0.25, -0.2) is 0 Å². The monoisotopic (exact) mass is 195 g/mol. The van der Waals surface area contributed by atoms with Crippen LogP contribution in [0, 0.1) is 10.1 Å². The fourth-order valence-corrected chi connectivity index (χ4v) is 0.950. The van der Waals surface area contributed by atoms with Gasteiger partial charge in [0.2, 0.25) is 0 Å². The van der Waals surface area contributed by atoms with Crippen molar-refractivity contribution in [2.75, 3.05) is 0 Å². The molecule has 72 valence electrons. The molecule has 14 heavy (non-hydrogen) atoms. The van der Waals surface area contributed by atoms with Gasteiger partial charge in [0.1, 0.15) is 0 Å². The summed E-state index contributed by atoms with van der Waals surface area (Å²) >= 11 is 0. The summed E-state index contributed by atoms with van der Waals surface area (Å²) < 4.78 is 11.8. The lowest BCUT2D eigenvalue weighted by atomic mass is 10.1. The molecule has 0 amide bonds. The number of benzene rings is 1. The van der Waals surface area contributed by atoms with Crippen LogP contribution in [0.15, 0.2) is 30.3 Å². The molecule has 1 aromatic rings. The van der Waals surface area contributed by atoms with E-state index in [0.717, 1.165) is 6.08 Å². The smallest absolute Gasteiger partial charge is 0.258 e. The zero-order valence-electron chi connectivity index (χ0n) is 7.01. The van der Waals surface area contributed by atoms with Crippen molar-refractivity contribution >= 4 is 17.8 Å². The maximum Gasteiger partial charge on any atom is 0.324 e. The van der Waals surface area contributed by atoms with Gasteiger partial charge in [0.05, 0.1) is 10.5 Å². The van der Waals surface area contributed by atoms with Crippen molar-refractivity contribution in [3.63, 3.8) is 0 Å². The van der Waals surface area contributed by atoms with Gasteiger partial charge in [0.15, 0.2) is 0 Å². The van der Waals surface area contributed by atoms with Gasteiger partial charge in [0.25, 0.3) is 5.69 Å². The van der Waals surface area contributed by atoms with Crippen LogP contribution in [-0.4, -0.2) is 11.0 Å². The Hall–Kier alpha value is -2.04. The van der Waals surface area contributed by atoms with E-state index in [9.17, 15) is 19.3 Å². The van der Waals surface area contributed by atoms with Crippen molar-refractivity contribution in [1.82, 2.24) is 0 Å². The van der Waals surface area contributed by atoms with E-state index in [2.05, 4.69) is 0 Å². The molecule has 0 radical (unpaired) electrons. The topological polar surface area (TPSA) is 60.2 Å². The van der Waals surface area contributed by atoms with E-state index in [0.29, 0.717) is 6.08 Å². The molecular weight excluding hydrogens is 189 g/mol. The van der Waals surface area contributed by atoms with E-state index in [1.165, 1.54) is 18.2 Å². The van der Waals surface area contributed by atoms with Crippen LogP contribution < -0.4 is 0 Å². The van der Waals surface area contributed by atoms with Gasteiger partial charge in [-0.1, -0.05) is 12.1 Å². The molecule has 5 heteroatoms. The Kier molecular flexibility index (Phi) is 3.06. The van der Waals surface area contributed by atoms with E-state index in [-0.39, 0.29) is 11.3 Å². The SMILES string of the molecule is O=C(F)/C=C/c1ccccc1[N+](=O)[O-]. The van der Waals surface area contributed by atoms with Crippen molar-refractivity contribution in [2.45, 2.75) is 0 Å². The van der Waals surface area contributed by atoms with Crippen molar-refractivity contribution < 1.29 is 14.1 Å². The zero-order chi connectivity index (χ0) is 10.6. The number of carbonyl (C=O) groups is 1. The van der Waals surface area contributed by atoms with Gasteiger partial charge in [-0.2, -0.15) is 4.39 Å². The summed E-state index contributed by atoms with van der Waals surface area (Å²) in [5.74, 6) is 0. The number of rotatable bonds is 3. The molecule has 4 nitrogen and oxygen atoms in total. The Labute approximate surface area is 78.8 Å². The highest BCUT2D eigenvalue weighted by molar-refractivity contribution is 5.86. The van der Waals surface area contributed by atoms with Gasteiger partial charge in [-0.05, 0) is 12.1 Å². The lowest BCUT2D eigenvalue weighted by molar-refractivity contribution is -0.385. The fraction of sp³-hybridized carbons (Fsp3) is 0. The second-order valence-corrected chi connectivity index (χ2v) is 2.45. The van der Waals surface area contributed by atoms with E-state index in [1.54, 1.807) is 6.07 Å². The van der Waals surface area contributed by atoms with Crippen molar-refractivity contribution in [3.05, 3.63) is 46.0 Å². The number of nitro groups is 1. The summed E-state index contributed by atoms with van der Waals surface area (Å²) in [7, 11) is 0. The maximum absolute atomic E-state index is 11.8. The highest BCUT2D eigenvalue weighted by Crippen LogP contribution is 2.18. The van der Waals surface area contributed by atoms with E-state index >= 15 is 0 Å². The first kappa shape index (κ1) is 10.0. The van der Waals surface area contributed by atoms with Crippen molar-refractivity contribution in [3.8, 4) is 0 Å². The molecule has 0 saturated carbocycles. The lowest BCUT2D eigenvalue weighted by Gasteiger charge is -1.94. The van der Waals surface area contributed by atoms with Crippen LogP contribution >= 0.6 is 0 Å². The summed E-state index contributed by atoms with van der Waals surface area (Å²) in [6.07, 6.45) is 1.71. The van der Waals surface area contributed by atoms with E-state index in [1.807, 2.05) is 0 Å². The molecule has 0 N–H and O–H groups in total. The molecule has 0 aliphatic heterocycles. The Morgan fingerprint density at radius 2 is 2.07 bits per heavy atom. The quantitative estimate of drug-likeness (QED) is 0.321. The summed E-state index contributed by atoms with van der Waals surface area (Å²) in [5, 5.41) is 10.5. The van der Waals surface area contributed by atoms with Crippen LogP contribution in [0.3, 0.4) is 0 Å². The largest absolute Gasteiger partial charge is 0.324 e. The molecule has 1 rings (SSSR count). The van der Waals surface area contributed by atoms with Crippen LogP contribution in [0.2, 0.25) is 0 Å². The number of hydrogen-bond acceptors (Lipinski definition) is 3. The van der Waals surface area contributed by atoms with Crippen LogP contribution in [-0.2, 0) is 4.79 Å². The third-order valence-corrected chi connectivity index (χ3v) is 1.53. The average molecular weight is 195 g/mol. The number of carbonyl (C=O) groups excluding carboxylic acids is 1. The minimum Gasteiger partial charge on any atom is -0.258 e. The third-order valence-electron chi connectivity index (χ3n) is 1.53. The van der Waals surface area contributed by atoms with Gasteiger partial charge < -0.3 is 0 Å². The second-order valence-electron chi connectivity index (χ2n) is 2.45. The van der Waals surface area contributed by atoms with Crippen LogP contribution in [0.4, 0.5) is 10.1 Å². The number of nitrogens with zero attached hydrogens (tertiary/aromatic N) is 1. The molecule has 0 aliphatic carbocycles. The lowest BCUT2D eigenvalue weighted by Crippen LogP contribution is -1.90. The first-order valence-corrected chi connectivity index (χ1v) is 3.72.